The van der Waals surface area contributed by atoms with Crippen molar-refractivity contribution in [3.63, 3.8) is 0 Å². The zero-order chi connectivity index (χ0) is 25.4. The van der Waals surface area contributed by atoms with E-state index >= 15 is 0 Å². The summed E-state index contributed by atoms with van der Waals surface area (Å²) in [7, 11) is 0. The standard InChI is InChI=1S/C25H21F3N6O/c1-15-13-34(14-30-15)21-9-8-19(10-17(21)12-29)31-23-32-20(11-22(33-23)24(2,3)35)16-4-6-18(7-5-16)25(26,27)28/h4-11,13-14,35H,1-3H3,(H,31,32,33). The van der Waals surface area contributed by atoms with Crippen LogP contribution in [0.1, 0.15) is 36.4 Å². The van der Waals surface area contributed by atoms with E-state index in [0.29, 0.717) is 28.2 Å². The smallest absolute Gasteiger partial charge is 0.384 e. The van der Waals surface area contributed by atoms with Crippen LogP contribution in [0, 0.1) is 18.3 Å². The van der Waals surface area contributed by atoms with Gasteiger partial charge in [0.25, 0.3) is 0 Å². The molecular formula is C25H21F3N6O. The van der Waals surface area contributed by atoms with Crippen LogP contribution in [0.2, 0.25) is 0 Å². The van der Waals surface area contributed by atoms with Crippen molar-refractivity contribution in [2.24, 2.45) is 0 Å². The Morgan fingerprint density at radius 2 is 1.74 bits per heavy atom. The van der Waals surface area contributed by atoms with Gasteiger partial charge in [-0.05, 0) is 57.2 Å². The molecule has 0 atom stereocenters. The first-order valence-corrected chi connectivity index (χ1v) is 10.6. The van der Waals surface area contributed by atoms with Gasteiger partial charge in [0.15, 0.2) is 0 Å². The number of aliphatic hydroxyl groups is 1. The number of nitriles is 1. The van der Waals surface area contributed by atoms with Crippen molar-refractivity contribution in [1.29, 1.82) is 5.26 Å². The first-order chi connectivity index (χ1) is 16.4. The first kappa shape index (κ1) is 23.9. The number of hydrogen-bond donors (Lipinski definition) is 2. The highest BCUT2D eigenvalue weighted by molar-refractivity contribution is 5.66. The summed E-state index contributed by atoms with van der Waals surface area (Å²) >= 11 is 0. The normalized spacial score (nSPS) is 11.8. The molecule has 0 spiro atoms. The van der Waals surface area contributed by atoms with Crippen molar-refractivity contribution in [2.75, 3.05) is 5.32 Å². The molecule has 2 aromatic carbocycles. The van der Waals surface area contributed by atoms with Gasteiger partial charge >= 0.3 is 6.18 Å². The number of benzene rings is 2. The molecule has 178 valence electrons. The van der Waals surface area contributed by atoms with Gasteiger partial charge in [-0.3, -0.25) is 0 Å². The SMILES string of the molecule is Cc1cn(-c2ccc(Nc3nc(-c4ccc(C(F)(F)F)cc4)cc(C(C)(C)O)n3)cc2C#N)cn1. The molecule has 4 rings (SSSR count). The van der Waals surface area contributed by atoms with Crippen molar-refractivity contribution in [3.8, 4) is 23.0 Å². The predicted molar refractivity (Wildman–Crippen MR) is 124 cm³/mol. The second-order valence-corrected chi connectivity index (χ2v) is 8.49. The molecule has 0 aliphatic rings. The Morgan fingerprint density at radius 1 is 1.03 bits per heavy atom. The van der Waals surface area contributed by atoms with Crippen LogP contribution < -0.4 is 5.32 Å². The van der Waals surface area contributed by atoms with Gasteiger partial charge in [0.05, 0.1) is 40.2 Å². The van der Waals surface area contributed by atoms with Gasteiger partial charge in [-0.1, -0.05) is 12.1 Å². The second-order valence-electron chi connectivity index (χ2n) is 8.49. The van der Waals surface area contributed by atoms with Crippen LogP contribution in [0.3, 0.4) is 0 Å². The molecule has 35 heavy (non-hydrogen) atoms. The van der Waals surface area contributed by atoms with E-state index in [4.69, 9.17) is 0 Å². The first-order valence-electron chi connectivity index (χ1n) is 10.6. The Balaban J connectivity index is 1.71. The summed E-state index contributed by atoms with van der Waals surface area (Å²) in [6.45, 7) is 4.94. The molecule has 0 radical (unpaired) electrons. The Hall–Kier alpha value is -4.23. The van der Waals surface area contributed by atoms with Gasteiger partial charge < -0.3 is 15.0 Å². The topological polar surface area (TPSA) is 99.6 Å². The van der Waals surface area contributed by atoms with Crippen molar-refractivity contribution in [2.45, 2.75) is 32.5 Å². The zero-order valence-electron chi connectivity index (χ0n) is 19.1. The Bertz CT molecular complexity index is 1410. The average molecular weight is 478 g/mol. The maximum absolute atomic E-state index is 13.0. The van der Waals surface area contributed by atoms with Crippen LogP contribution in [-0.4, -0.2) is 24.6 Å². The minimum absolute atomic E-state index is 0.120. The molecular weight excluding hydrogens is 457 g/mol. The molecule has 2 heterocycles. The average Bonchev–Trinajstić information content (AvgIpc) is 3.23. The monoisotopic (exact) mass is 478 g/mol. The number of aryl methyl sites for hydroxylation is 1. The summed E-state index contributed by atoms with van der Waals surface area (Å²) < 4.78 is 40.6. The molecule has 0 aliphatic carbocycles. The van der Waals surface area contributed by atoms with Gasteiger partial charge in [-0.15, -0.1) is 0 Å². The fourth-order valence-electron chi connectivity index (χ4n) is 3.40. The van der Waals surface area contributed by atoms with Crippen molar-refractivity contribution in [3.05, 3.63) is 83.6 Å². The maximum atomic E-state index is 13.0. The number of anilines is 2. The third-order valence-electron chi connectivity index (χ3n) is 5.22. The fourth-order valence-corrected chi connectivity index (χ4v) is 3.40. The summed E-state index contributed by atoms with van der Waals surface area (Å²) in [6, 6.07) is 13.4. The van der Waals surface area contributed by atoms with Crippen molar-refractivity contribution >= 4 is 11.6 Å². The number of nitrogens with zero attached hydrogens (tertiary/aromatic N) is 5. The lowest BCUT2D eigenvalue weighted by Gasteiger charge is -2.19. The van der Waals surface area contributed by atoms with E-state index in [0.717, 1.165) is 17.8 Å². The molecule has 0 amide bonds. The number of rotatable bonds is 5. The number of imidazole rings is 1. The van der Waals surface area contributed by atoms with Gasteiger partial charge in [0.2, 0.25) is 5.95 Å². The summed E-state index contributed by atoms with van der Waals surface area (Å²) in [4.78, 5) is 13.0. The molecule has 0 aliphatic heterocycles. The molecule has 0 bridgehead atoms. The van der Waals surface area contributed by atoms with Crippen LogP contribution in [0.25, 0.3) is 16.9 Å². The van der Waals surface area contributed by atoms with Gasteiger partial charge in [0, 0.05) is 17.4 Å². The summed E-state index contributed by atoms with van der Waals surface area (Å²) in [5, 5.41) is 23.2. The Kier molecular flexibility index (Phi) is 6.05. The van der Waals surface area contributed by atoms with E-state index in [1.807, 2.05) is 6.92 Å². The summed E-state index contributed by atoms with van der Waals surface area (Å²) in [6.07, 6.45) is -1.03. The lowest BCUT2D eigenvalue weighted by Crippen LogP contribution is -2.19. The summed E-state index contributed by atoms with van der Waals surface area (Å²) in [5.74, 6) is 0.120. The quantitative estimate of drug-likeness (QED) is 0.393. The Morgan fingerprint density at radius 3 is 2.31 bits per heavy atom. The number of alkyl halides is 3. The largest absolute Gasteiger partial charge is 0.416 e. The van der Waals surface area contributed by atoms with Gasteiger partial charge in [0.1, 0.15) is 11.7 Å². The minimum Gasteiger partial charge on any atom is -0.384 e. The van der Waals surface area contributed by atoms with Crippen LogP contribution >= 0.6 is 0 Å². The van der Waals surface area contributed by atoms with E-state index in [1.165, 1.54) is 18.2 Å². The van der Waals surface area contributed by atoms with Gasteiger partial charge in [-0.25, -0.2) is 15.0 Å². The summed E-state index contributed by atoms with van der Waals surface area (Å²) in [5.41, 5.74) is 1.30. The van der Waals surface area contributed by atoms with E-state index in [-0.39, 0.29) is 11.6 Å². The minimum atomic E-state index is -4.45. The third-order valence-corrected chi connectivity index (χ3v) is 5.22. The van der Waals surface area contributed by atoms with Crippen molar-refractivity contribution < 1.29 is 18.3 Å². The van der Waals surface area contributed by atoms with E-state index in [1.54, 1.807) is 49.1 Å². The Labute approximate surface area is 199 Å². The highest BCUT2D eigenvalue weighted by Gasteiger charge is 2.30. The lowest BCUT2D eigenvalue weighted by atomic mass is 10.0. The number of aromatic nitrogens is 4. The zero-order valence-corrected chi connectivity index (χ0v) is 19.1. The lowest BCUT2D eigenvalue weighted by molar-refractivity contribution is -0.137. The molecule has 4 aromatic rings. The number of hydrogen-bond acceptors (Lipinski definition) is 6. The maximum Gasteiger partial charge on any atom is 0.416 e. The molecule has 2 N–H and O–H groups in total. The number of halogens is 3. The van der Waals surface area contributed by atoms with Crippen molar-refractivity contribution in [1.82, 2.24) is 19.5 Å². The second kappa shape index (κ2) is 8.85. The number of nitrogens with one attached hydrogen (secondary N) is 1. The van der Waals surface area contributed by atoms with Crippen LogP contribution in [0.4, 0.5) is 24.8 Å². The third kappa shape index (κ3) is 5.31. The van der Waals surface area contributed by atoms with E-state index in [2.05, 4.69) is 26.3 Å². The van der Waals surface area contributed by atoms with Crippen LogP contribution in [0.15, 0.2) is 61.1 Å². The molecule has 0 fully saturated rings. The fraction of sp³-hybridized carbons (Fsp3) is 0.200. The van der Waals surface area contributed by atoms with Crippen LogP contribution in [-0.2, 0) is 11.8 Å². The highest BCUT2D eigenvalue weighted by atomic mass is 19.4. The molecule has 0 unspecified atom stereocenters. The molecule has 0 saturated carbocycles. The van der Waals surface area contributed by atoms with Crippen LogP contribution in [0.5, 0.6) is 0 Å². The predicted octanol–water partition coefficient (Wildman–Crippen LogP) is 5.50. The molecule has 10 heteroatoms. The molecule has 2 aromatic heterocycles. The van der Waals surface area contributed by atoms with E-state index in [9.17, 15) is 23.5 Å². The molecule has 7 nitrogen and oxygen atoms in total. The van der Waals surface area contributed by atoms with E-state index < -0.39 is 17.3 Å². The highest BCUT2D eigenvalue weighted by Crippen LogP contribution is 2.32. The van der Waals surface area contributed by atoms with Gasteiger partial charge in [-0.2, -0.15) is 18.4 Å². The molecule has 0 saturated heterocycles.